The van der Waals surface area contributed by atoms with Gasteiger partial charge in [0.1, 0.15) is 42.4 Å². The third-order valence-electron chi connectivity index (χ3n) is 19.5. The minimum atomic E-state index is -0.511. The zero-order chi connectivity index (χ0) is 55.2. The molecular weight excluding hydrogens is 1020 g/mol. The first-order valence-electron chi connectivity index (χ1n) is 31.2. The largest absolute Gasteiger partial charge is 0.497 e. The normalized spacial score (nSPS) is 33.9. The van der Waals surface area contributed by atoms with Gasteiger partial charge in [-0.15, -0.1) is 0 Å². The Morgan fingerprint density at radius 3 is 1.20 bits per heavy atom. The number of hydrogen-bond donors (Lipinski definition) is 6. The predicted molar refractivity (Wildman–Crippen MR) is 293 cm³/mol. The number of rotatable bonds is 19. The van der Waals surface area contributed by atoms with Gasteiger partial charge in [-0.25, -0.2) is 0 Å². The molecule has 12 fully saturated rings. The highest BCUT2D eigenvalue weighted by Gasteiger charge is 2.53. The van der Waals surface area contributed by atoms with Gasteiger partial charge < -0.3 is 65.1 Å². The number of amides is 6. The topological polar surface area (TPSA) is 239 Å². The molecule has 6 aliphatic carbocycles. The highest BCUT2D eigenvalue weighted by atomic mass is 16.6. The number of carbonyl (C=O) groups excluding carboxylic acids is 6. The lowest BCUT2D eigenvalue weighted by molar-refractivity contribution is -0.128. The first-order chi connectivity index (χ1) is 39.0. The Kier molecular flexibility index (Phi) is 19.0. The summed E-state index contributed by atoms with van der Waals surface area (Å²) in [7, 11) is 1.64. The molecule has 442 valence electrons. The van der Waals surface area contributed by atoms with Crippen molar-refractivity contribution in [1.29, 1.82) is 0 Å². The van der Waals surface area contributed by atoms with Crippen molar-refractivity contribution < 1.29 is 61.9 Å². The fourth-order valence-corrected chi connectivity index (χ4v) is 14.2. The monoisotopic (exact) mass is 1110 g/mol. The molecule has 12 unspecified atom stereocenters. The zero-order valence-corrected chi connectivity index (χ0v) is 47.1. The van der Waals surface area contributed by atoms with Crippen molar-refractivity contribution >= 4 is 35.4 Å². The first-order valence-corrected chi connectivity index (χ1v) is 31.2. The van der Waals surface area contributed by atoms with E-state index >= 15 is 0 Å². The highest BCUT2D eigenvalue weighted by molar-refractivity contribution is 5.89. The molecule has 6 saturated heterocycles. The molecule has 19 heteroatoms. The lowest BCUT2D eigenvalue weighted by Gasteiger charge is -2.31. The predicted octanol–water partition coefficient (Wildman–Crippen LogP) is 4.73. The third-order valence-corrected chi connectivity index (χ3v) is 19.5. The summed E-state index contributed by atoms with van der Waals surface area (Å²) < 4.78 is 40.6. The second kappa shape index (κ2) is 26.5. The third kappa shape index (κ3) is 14.1. The molecule has 0 spiro atoms. The van der Waals surface area contributed by atoms with Gasteiger partial charge in [-0.2, -0.15) is 0 Å². The van der Waals surface area contributed by atoms with Gasteiger partial charge in [0.25, 0.3) is 0 Å². The molecule has 12 aliphatic rings. The zero-order valence-electron chi connectivity index (χ0n) is 47.1. The molecule has 1 aromatic carbocycles. The van der Waals surface area contributed by atoms with Gasteiger partial charge in [-0.3, -0.25) is 28.8 Å². The first kappa shape index (κ1) is 57.4. The fourth-order valence-electron chi connectivity index (χ4n) is 14.2. The van der Waals surface area contributed by atoms with Crippen LogP contribution in [-0.2, 0) is 62.6 Å². The molecular formula is C61H90N6O13. The smallest absolute Gasteiger partial charge is 0.231 e. The van der Waals surface area contributed by atoms with Crippen molar-refractivity contribution in [3.63, 3.8) is 0 Å². The number of methoxy groups -OCH3 is 1. The summed E-state index contributed by atoms with van der Waals surface area (Å²) in [5.41, 5.74) is 0.526. The molecule has 6 amide bonds. The van der Waals surface area contributed by atoms with Crippen molar-refractivity contribution in [2.75, 3.05) is 46.8 Å². The Balaban J connectivity index is 0.000000127. The number of fused-ring (bicyclic) bond motifs is 3. The van der Waals surface area contributed by atoms with Crippen LogP contribution >= 0.6 is 0 Å². The number of hydrogen-bond acceptors (Lipinski definition) is 13. The van der Waals surface area contributed by atoms with Crippen molar-refractivity contribution in [3.05, 3.63) is 29.8 Å². The Morgan fingerprint density at radius 1 is 0.438 bits per heavy atom. The summed E-state index contributed by atoms with van der Waals surface area (Å²) in [6.07, 6.45) is 25.0. The summed E-state index contributed by atoms with van der Waals surface area (Å²) >= 11 is 0. The molecule has 12 atom stereocenters. The minimum absolute atomic E-state index is 0.0495. The molecule has 6 saturated carbocycles. The van der Waals surface area contributed by atoms with Crippen LogP contribution < -0.4 is 36.6 Å². The van der Waals surface area contributed by atoms with Crippen molar-refractivity contribution in [3.8, 4) is 5.75 Å². The van der Waals surface area contributed by atoms with Gasteiger partial charge in [0.05, 0.1) is 88.4 Å². The molecule has 0 aromatic heterocycles. The maximum Gasteiger partial charge on any atom is 0.231 e. The molecule has 1 aromatic rings. The van der Waals surface area contributed by atoms with Crippen LogP contribution in [0, 0.1) is 29.6 Å². The van der Waals surface area contributed by atoms with E-state index in [1.165, 1.54) is 64.2 Å². The van der Waals surface area contributed by atoms with E-state index in [2.05, 4.69) is 31.9 Å². The van der Waals surface area contributed by atoms with Crippen LogP contribution in [0.1, 0.15) is 160 Å². The highest BCUT2D eigenvalue weighted by Crippen LogP contribution is 2.43. The molecule has 0 bridgehead atoms. The number of benzene rings is 1. The molecule has 0 radical (unpaired) electrons. The van der Waals surface area contributed by atoms with Crippen molar-refractivity contribution in [2.24, 2.45) is 29.6 Å². The van der Waals surface area contributed by atoms with E-state index in [1.807, 2.05) is 24.3 Å². The van der Waals surface area contributed by atoms with Crippen LogP contribution in [0.15, 0.2) is 24.3 Å². The Labute approximate surface area is 472 Å². The van der Waals surface area contributed by atoms with Gasteiger partial charge in [0.15, 0.2) is 0 Å². The second-order valence-electron chi connectivity index (χ2n) is 25.5. The fraction of sp³-hybridized carbons (Fsp3) is 0.803. The van der Waals surface area contributed by atoms with E-state index in [-0.39, 0.29) is 126 Å². The van der Waals surface area contributed by atoms with Crippen LogP contribution in [-0.4, -0.2) is 155 Å². The van der Waals surface area contributed by atoms with E-state index in [0.717, 1.165) is 100 Å². The number of ether oxygens (including phenoxy) is 7. The van der Waals surface area contributed by atoms with Crippen LogP contribution in [0.2, 0.25) is 0 Å². The van der Waals surface area contributed by atoms with Crippen molar-refractivity contribution in [1.82, 2.24) is 31.9 Å². The van der Waals surface area contributed by atoms with Gasteiger partial charge in [0, 0.05) is 30.6 Å². The summed E-state index contributed by atoms with van der Waals surface area (Å²) in [6, 6.07) is 7.19. The minimum Gasteiger partial charge on any atom is -0.497 e. The van der Waals surface area contributed by atoms with Crippen LogP contribution in [0.25, 0.3) is 0 Å². The van der Waals surface area contributed by atoms with E-state index in [9.17, 15) is 28.8 Å². The van der Waals surface area contributed by atoms with Gasteiger partial charge in [0.2, 0.25) is 35.4 Å². The van der Waals surface area contributed by atoms with Crippen LogP contribution in [0.5, 0.6) is 5.75 Å². The number of carbonyl (C=O) groups is 6. The molecule has 80 heavy (non-hydrogen) atoms. The Hall–Kier alpha value is -4.40. The molecule has 13 rings (SSSR count). The van der Waals surface area contributed by atoms with E-state index in [4.69, 9.17) is 33.2 Å². The van der Waals surface area contributed by atoms with Crippen molar-refractivity contribution in [2.45, 2.75) is 232 Å². The molecule has 6 N–H and O–H groups in total. The standard InChI is InChI=1S/C23H30N2O5.C20H32N2O4.C18H28N2O4/c1-28-16-8-6-15(7-9-16)23(10-2-3-11-23)22(27)25-18-13-30-19-17(12-29-20(18)19)24-21(26)14-4-5-14;23-17(8-4-7-13-5-2-1-3-6-13)21-15-11-25-19-16(12-26-18(15)19)22-20(24)14-9-10-14;21-15(8-5-11-3-1-2-4-11)19-13-9-23-17-14(10-24-16(13)17)20-18(22)12-6-7-12/h6-9,14,17-20H,2-5,10-13H2,1H3,(H,24,26)(H,25,27);13-16,18-19H,1-12H2,(H,21,23)(H,22,24);11-14,16-17H,1-10H2,(H,19,21)(H,20,22). The summed E-state index contributed by atoms with van der Waals surface area (Å²) in [4.78, 5) is 74.0. The van der Waals surface area contributed by atoms with Crippen LogP contribution in [0.3, 0.4) is 0 Å². The van der Waals surface area contributed by atoms with Gasteiger partial charge in [-0.05, 0) is 100 Å². The lowest BCUT2D eigenvalue weighted by atomic mass is 9.77. The summed E-state index contributed by atoms with van der Waals surface area (Å²) in [6.45, 7) is 2.74. The maximum absolute atomic E-state index is 13.5. The van der Waals surface area contributed by atoms with Gasteiger partial charge in [-0.1, -0.05) is 82.8 Å². The number of nitrogens with one attached hydrogen (secondary N) is 6. The van der Waals surface area contributed by atoms with Crippen LogP contribution in [0.4, 0.5) is 0 Å². The SMILES string of the molecule is COc1ccc(C2(C(=O)NC3COC4C(NC(=O)C5CC5)COC34)CCCC2)cc1.O=C(CCC1CCCC1)NC1COC2C(NC(=O)C3CC3)COC12.O=C(CCCC1CCCCC1)NC1COC2C(NC(=O)C3CC3)COC12. The molecule has 6 aliphatic heterocycles. The summed E-state index contributed by atoms with van der Waals surface area (Å²) in [5.74, 6) is 3.48. The van der Waals surface area contributed by atoms with E-state index < -0.39 is 5.41 Å². The van der Waals surface area contributed by atoms with Gasteiger partial charge >= 0.3 is 0 Å². The average molecular weight is 1120 g/mol. The Morgan fingerprint density at radius 2 is 0.800 bits per heavy atom. The van der Waals surface area contributed by atoms with E-state index in [1.54, 1.807) is 7.11 Å². The maximum atomic E-state index is 13.5. The quantitative estimate of drug-likeness (QED) is 0.110. The lowest BCUT2D eigenvalue weighted by Crippen LogP contribution is -2.51. The molecule has 19 nitrogen and oxygen atoms in total. The Bertz CT molecular complexity index is 2290. The summed E-state index contributed by atoms with van der Waals surface area (Å²) in [5, 5.41) is 18.6. The second-order valence-corrected chi connectivity index (χ2v) is 25.5. The molecule has 6 heterocycles. The average Bonchev–Trinajstić information content (AvgIpc) is 4.51. The van der Waals surface area contributed by atoms with E-state index in [0.29, 0.717) is 52.5 Å².